The Kier molecular flexibility index (Phi) is 5.03. The molecule has 0 radical (unpaired) electrons. The maximum atomic E-state index is 10.8. The first-order valence-corrected chi connectivity index (χ1v) is 7.27. The molecule has 110 valence electrons. The second-order valence-electron chi connectivity index (χ2n) is 4.51. The van der Waals surface area contributed by atoms with Gasteiger partial charge in [0.05, 0.1) is 3.57 Å². The van der Waals surface area contributed by atoms with Crippen LogP contribution in [-0.2, 0) is 11.2 Å². The molecule has 0 fully saturated rings. The van der Waals surface area contributed by atoms with Gasteiger partial charge in [-0.05, 0) is 71.0 Å². The summed E-state index contributed by atoms with van der Waals surface area (Å²) in [6.07, 6.45) is 0.269. The van der Waals surface area contributed by atoms with Crippen LogP contribution >= 0.6 is 22.6 Å². The summed E-state index contributed by atoms with van der Waals surface area (Å²) < 4.78 is 6.56. The summed E-state index contributed by atoms with van der Waals surface area (Å²) in [7, 11) is 0. The van der Waals surface area contributed by atoms with Crippen LogP contribution in [0.2, 0.25) is 0 Å². The van der Waals surface area contributed by atoms with Gasteiger partial charge in [-0.3, -0.25) is 4.79 Å². The van der Waals surface area contributed by atoms with Gasteiger partial charge < -0.3 is 20.7 Å². The summed E-state index contributed by atoms with van der Waals surface area (Å²) in [4.78, 5) is 10.8. The normalized spacial score (nSPS) is 11.9. The zero-order chi connectivity index (χ0) is 15.4. The number of rotatable bonds is 5. The Bertz CT molecular complexity index is 643. The number of aliphatic carboxylic acids is 1. The van der Waals surface area contributed by atoms with Crippen molar-refractivity contribution in [1.82, 2.24) is 0 Å². The van der Waals surface area contributed by atoms with E-state index in [1.165, 1.54) is 0 Å². The number of phenolic OH excluding ortho intramolecular Hbond substituents is 1. The van der Waals surface area contributed by atoms with E-state index < -0.39 is 12.0 Å². The minimum Gasteiger partial charge on any atom is -0.508 e. The van der Waals surface area contributed by atoms with Gasteiger partial charge in [-0.2, -0.15) is 0 Å². The highest BCUT2D eigenvalue weighted by atomic mass is 127. The Morgan fingerprint density at radius 3 is 2.48 bits per heavy atom. The number of hydrogen-bond acceptors (Lipinski definition) is 4. The lowest BCUT2D eigenvalue weighted by atomic mass is 10.1. The van der Waals surface area contributed by atoms with E-state index in [1.807, 2.05) is 6.07 Å². The summed E-state index contributed by atoms with van der Waals surface area (Å²) in [6.45, 7) is 0. The number of hydrogen-bond donors (Lipinski definition) is 3. The number of carbonyl (C=O) groups is 1. The lowest BCUT2D eigenvalue weighted by molar-refractivity contribution is -0.138. The predicted octanol–water partition coefficient (Wildman–Crippen LogP) is 2.74. The lowest BCUT2D eigenvalue weighted by Crippen LogP contribution is -2.32. The monoisotopic (exact) mass is 405 g/mol. The summed E-state index contributed by atoms with van der Waals surface area (Å²) in [6, 6.07) is 10.9. The van der Waals surface area contributed by atoms with Crippen LogP contribution < -0.4 is 10.5 Å². The molecule has 0 amide bonds. The first kappa shape index (κ1) is 15.6. The number of halogens is 1. The molecular weight excluding hydrogens is 391 g/mol. The van der Waals surface area contributed by atoms with E-state index in [0.29, 0.717) is 11.5 Å². The Morgan fingerprint density at radius 2 is 1.90 bits per heavy atom. The van der Waals surface area contributed by atoms with Crippen LogP contribution in [0, 0.1) is 3.57 Å². The summed E-state index contributed by atoms with van der Waals surface area (Å²) in [5.74, 6) is 0.430. The van der Waals surface area contributed by atoms with Gasteiger partial charge in [0.2, 0.25) is 0 Å². The van der Waals surface area contributed by atoms with E-state index >= 15 is 0 Å². The van der Waals surface area contributed by atoms with E-state index in [-0.39, 0.29) is 12.2 Å². The SMILES string of the molecule is N[C@@H](Cc1ccc(O[13c]2[13cH][13cH][13c](O)[13cH][13cH]2)c(I)c1)C(=O)O. The fourth-order valence-electron chi connectivity index (χ4n) is 1.74. The van der Waals surface area contributed by atoms with Gasteiger partial charge in [0.25, 0.3) is 0 Å². The van der Waals surface area contributed by atoms with Crippen LogP contribution in [0.15, 0.2) is 42.5 Å². The van der Waals surface area contributed by atoms with E-state index in [2.05, 4.69) is 22.6 Å². The number of carboxylic acids is 1. The second kappa shape index (κ2) is 6.77. The minimum absolute atomic E-state index is 0.176. The molecule has 2 rings (SSSR count). The molecule has 0 aromatic heterocycles. The number of carboxylic acid groups (broad SMARTS) is 1. The number of benzene rings is 2. The molecule has 0 unspecified atom stereocenters. The predicted molar refractivity (Wildman–Crippen MR) is 86.7 cm³/mol. The van der Waals surface area contributed by atoms with Crippen LogP contribution in [0.25, 0.3) is 0 Å². The Balaban J connectivity index is 2.12. The van der Waals surface area contributed by atoms with Gasteiger partial charge in [0, 0.05) is 0 Å². The highest BCUT2D eigenvalue weighted by molar-refractivity contribution is 14.1. The van der Waals surface area contributed by atoms with Crippen molar-refractivity contribution in [2.24, 2.45) is 5.73 Å². The molecule has 2 aromatic carbocycles. The van der Waals surface area contributed by atoms with Gasteiger partial charge in [-0.15, -0.1) is 0 Å². The molecule has 0 aliphatic rings. The summed E-state index contributed by atoms with van der Waals surface area (Å²) in [5.41, 5.74) is 6.36. The zero-order valence-corrected chi connectivity index (χ0v) is 13.1. The third-order valence-electron chi connectivity index (χ3n) is 2.83. The number of ether oxygens (including phenoxy) is 1. The van der Waals surface area contributed by atoms with Crippen molar-refractivity contribution < 1.29 is 19.7 Å². The van der Waals surface area contributed by atoms with Gasteiger partial charge in [0.1, 0.15) is 23.3 Å². The molecule has 21 heavy (non-hydrogen) atoms. The quantitative estimate of drug-likeness (QED) is 0.666. The summed E-state index contributed by atoms with van der Waals surface area (Å²) >= 11 is 2.12. The van der Waals surface area contributed by atoms with Crippen molar-refractivity contribution in [2.45, 2.75) is 12.5 Å². The third-order valence-corrected chi connectivity index (χ3v) is 3.68. The van der Waals surface area contributed by atoms with E-state index in [1.54, 1.807) is 36.4 Å². The van der Waals surface area contributed by atoms with E-state index in [4.69, 9.17) is 15.6 Å². The van der Waals surface area contributed by atoms with Gasteiger partial charge in [0.15, 0.2) is 0 Å². The fourth-order valence-corrected chi connectivity index (χ4v) is 2.43. The topological polar surface area (TPSA) is 92.8 Å². The van der Waals surface area contributed by atoms with Gasteiger partial charge in [-0.25, -0.2) is 0 Å². The van der Waals surface area contributed by atoms with Crippen molar-refractivity contribution in [2.75, 3.05) is 0 Å². The van der Waals surface area contributed by atoms with Crippen LogP contribution in [-0.4, -0.2) is 22.2 Å². The lowest BCUT2D eigenvalue weighted by Gasteiger charge is -2.11. The molecule has 0 aliphatic heterocycles. The molecule has 0 spiro atoms. The first-order chi connectivity index (χ1) is 9.95. The molecule has 2 aromatic rings. The second-order valence-corrected chi connectivity index (χ2v) is 5.67. The van der Waals surface area contributed by atoms with Crippen LogP contribution in [0.5, 0.6) is 17.2 Å². The van der Waals surface area contributed by atoms with Crippen molar-refractivity contribution in [3.05, 3.63) is 51.6 Å². The largest absolute Gasteiger partial charge is 0.508 e. The smallest absolute Gasteiger partial charge is 0.320 e. The van der Waals surface area contributed by atoms with Crippen molar-refractivity contribution in [3.8, 4) is 17.2 Å². The van der Waals surface area contributed by atoms with Crippen molar-refractivity contribution in [3.63, 3.8) is 0 Å². The molecule has 6 heteroatoms. The maximum Gasteiger partial charge on any atom is 0.320 e. The van der Waals surface area contributed by atoms with Crippen molar-refractivity contribution >= 4 is 28.6 Å². The van der Waals surface area contributed by atoms with Crippen molar-refractivity contribution in [1.29, 1.82) is 0 Å². The van der Waals surface area contributed by atoms with Crippen LogP contribution in [0.3, 0.4) is 0 Å². The van der Waals surface area contributed by atoms with Gasteiger partial charge >= 0.3 is 5.97 Å². The average Bonchev–Trinajstić information content (AvgIpc) is 2.44. The molecular formula is C15H14INO4. The molecule has 4 N–H and O–H groups in total. The molecule has 0 aliphatic carbocycles. The fraction of sp³-hybridized carbons (Fsp3) is 0.133. The van der Waals surface area contributed by atoms with Crippen LogP contribution in [0.4, 0.5) is 0 Å². The minimum atomic E-state index is -1.02. The highest BCUT2D eigenvalue weighted by Crippen LogP contribution is 2.28. The molecule has 0 heterocycles. The van der Waals surface area contributed by atoms with E-state index in [9.17, 15) is 9.90 Å². The first-order valence-electron chi connectivity index (χ1n) is 6.19. The molecule has 0 bridgehead atoms. The zero-order valence-electron chi connectivity index (χ0n) is 11.0. The highest BCUT2D eigenvalue weighted by Gasteiger charge is 2.13. The standard InChI is InChI=1S/C15H14INO4/c16-12-7-9(8-13(17)15(19)20)1-6-14(12)21-11-4-2-10(18)3-5-11/h1-7,13,18H,8,17H2,(H,19,20)/t13-/m0/s1/i2+1,3+1,4+1,5+1,10+1,11+1. The average molecular weight is 405 g/mol. The Morgan fingerprint density at radius 1 is 1.24 bits per heavy atom. The summed E-state index contributed by atoms with van der Waals surface area (Å²) in [5, 5.41) is 18.0. The molecule has 5 nitrogen and oxygen atoms in total. The molecule has 0 saturated heterocycles. The Labute approximate surface area is 135 Å². The van der Waals surface area contributed by atoms with Gasteiger partial charge in [-0.1, -0.05) is 6.07 Å². The van der Waals surface area contributed by atoms with E-state index in [0.717, 1.165) is 9.13 Å². The molecule has 0 saturated carbocycles. The van der Waals surface area contributed by atoms with Crippen LogP contribution in [0.1, 0.15) is 5.56 Å². The molecule has 1 atom stereocenters. The maximum absolute atomic E-state index is 10.8. The number of phenols is 1. The number of aromatic hydroxyl groups is 1. The number of nitrogens with two attached hydrogens (primary N) is 1. The third kappa shape index (κ3) is 4.33. The Hall–Kier alpha value is -1.80.